The van der Waals surface area contributed by atoms with E-state index in [2.05, 4.69) is 17.1 Å². The summed E-state index contributed by atoms with van der Waals surface area (Å²) < 4.78 is 0. The Kier molecular flexibility index (Phi) is 5.41. The van der Waals surface area contributed by atoms with Crippen LogP contribution in [0.1, 0.15) is 35.5 Å². The lowest BCUT2D eigenvalue weighted by Gasteiger charge is -2.35. The molecular weight excluding hydrogens is 306 g/mol. The Morgan fingerprint density at radius 1 is 1.30 bits per heavy atom. The molecule has 1 saturated heterocycles. The van der Waals surface area contributed by atoms with E-state index in [0.717, 1.165) is 36.5 Å². The summed E-state index contributed by atoms with van der Waals surface area (Å²) in [4.78, 5) is 19.1. The molecule has 1 amide bonds. The van der Waals surface area contributed by atoms with Gasteiger partial charge in [-0.25, -0.2) is 4.98 Å². The third-order valence-electron chi connectivity index (χ3n) is 4.35. The van der Waals surface area contributed by atoms with Gasteiger partial charge in [0.25, 0.3) is 0 Å². The third kappa shape index (κ3) is 4.18. The summed E-state index contributed by atoms with van der Waals surface area (Å²) in [6.45, 7) is 1.39. The molecule has 1 aliphatic heterocycles. The van der Waals surface area contributed by atoms with E-state index >= 15 is 0 Å². The molecule has 0 aliphatic carbocycles. The van der Waals surface area contributed by atoms with E-state index in [0.29, 0.717) is 13.0 Å². The van der Waals surface area contributed by atoms with Crippen LogP contribution in [0.2, 0.25) is 0 Å². The van der Waals surface area contributed by atoms with Gasteiger partial charge in [-0.05, 0) is 24.8 Å². The maximum atomic E-state index is 12.5. The van der Waals surface area contributed by atoms with Crippen molar-refractivity contribution in [3.8, 4) is 0 Å². The Hall–Kier alpha value is -1.72. The average molecular weight is 329 g/mol. The van der Waals surface area contributed by atoms with Gasteiger partial charge in [0.1, 0.15) is 0 Å². The molecule has 0 bridgehead atoms. The first-order valence-electron chi connectivity index (χ1n) is 8.23. The largest absolute Gasteiger partial charge is 0.338 e. The van der Waals surface area contributed by atoms with Crippen molar-refractivity contribution in [1.82, 2.24) is 9.88 Å². The number of carbonyl (C=O) groups is 1. The molecule has 1 aromatic carbocycles. The van der Waals surface area contributed by atoms with Crippen molar-refractivity contribution in [3.05, 3.63) is 52.0 Å². The normalized spacial score (nSPS) is 18.1. The van der Waals surface area contributed by atoms with E-state index in [1.165, 1.54) is 12.0 Å². The molecule has 0 spiro atoms. The second-order valence-corrected chi connectivity index (χ2v) is 6.99. The maximum absolute atomic E-state index is 12.5. The summed E-state index contributed by atoms with van der Waals surface area (Å²) >= 11 is 1.63. The number of amides is 1. The molecule has 5 heteroatoms. The first kappa shape index (κ1) is 16.1. The quantitative estimate of drug-likeness (QED) is 0.917. The third-order valence-corrected chi connectivity index (χ3v) is 5.25. The van der Waals surface area contributed by atoms with Gasteiger partial charge in [0, 0.05) is 30.9 Å². The second kappa shape index (κ2) is 7.70. The van der Waals surface area contributed by atoms with Gasteiger partial charge in [-0.3, -0.25) is 4.79 Å². The molecule has 2 aromatic rings. The molecule has 4 nitrogen and oxygen atoms in total. The van der Waals surface area contributed by atoms with Crippen LogP contribution >= 0.6 is 11.3 Å². The summed E-state index contributed by atoms with van der Waals surface area (Å²) in [5, 5.41) is 3.07. The Balaban J connectivity index is 1.61. The highest BCUT2D eigenvalue weighted by molar-refractivity contribution is 7.09. The fraction of sp³-hybridized carbons (Fsp3) is 0.444. The summed E-state index contributed by atoms with van der Waals surface area (Å²) in [5.41, 5.74) is 7.94. The zero-order valence-corrected chi connectivity index (χ0v) is 14.1. The Bertz CT molecular complexity index is 641. The summed E-state index contributed by atoms with van der Waals surface area (Å²) in [6, 6.07) is 10.5. The van der Waals surface area contributed by atoms with Crippen LogP contribution in [-0.2, 0) is 17.6 Å². The molecule has 1 aliphatic rings. The Morgan fingerprint density at radius 2 is 2.13 bits per heavy atom. The minimum absolute atomic E-state index is 0.164. The zero-order valence-electron chi connectivity index (χ0n) is 13.3. The Morgan fingerprint density at radius 3 is 2.91 bits per heavy atom. The van der Waals surface area contributed by atoms with Crippen molar-refractivity contribution in [2.45, 2.75) is 38.1 Å². The van der Waals surface area contributed by atoms with E-state index in [1.807, 2.05) is 28.5 Å². The number of likely N-dealkylation sites (tertiary alicyclic amines) is 1. The van der Waals surface area contributed by atoms with Crippen molar-refractivity contribution in [2.75, 3.05) is 13.1 Å². The number of rotatable bonds is 5. The number of benzene rings is 1. The number of hydrogen-bond acceptors (Lipinski definition) is 4. The number of piperidine rings is 1. The van der Waals surface area contributed by atoms with E-state index in [4.69, 9.17) is 5.73 Å². The Labute approximate surface area is 141 Å². The standard InChI is InChI=1S/C18H23N3OS/c19-12-16-8-4-5-9-21(16)18(22)11-15-13-23-17(20-15)10-14-6-2-1-3-7-14/h1-3,6-7,13,16H,4-5,8-12,19H2. The molecule has 2 heterocycles. The second-order valence-electron chi connectivity index (χ2n) is 6.04. The van der Waals surface area contributed by atoms with Crippen LogP contribution in [0.4, 0.5) is 0 Å². The van der Waals surface area contributed by atoms with Crippen molar-refractivity contribution in [1.29, 1.82) is 0 Å². The van der Waals surface area contributed by atoms with Crippen molar-refractivity contribution in [3.63, 3.8) is 0 Å². The first-order valence-corrected chi connectivity index (χ1v) is 9.11. The summed E-state index contributed by atoms with van der Waals surface area (Å²) in [6.07, 6.45) is 4.50. The minimum Gasteiger partial charge on any atom is -0.338 e. The fourth-order valence-electron chi connectivity index (χ4n) is 3.11. The van der Waals surface area contributed by atoms with Gasteiger partial charge in [-0.1, -0.05) is 30.3 Å². The molecule has 3 rings (SSSR count). The smallest absolute Gasteiger partial charge is 0.228 e. The highest BCUT2D eigenvalue weighted by Gasteiger charge is 2.25. The zero-order chi connectivity index (χ0) is 16.1. The number of nitrogens with zero attached hydrogens (tertiary/aromatic N) is 2. The highest BCUT2D eigenvalue weighted by Crippen LogP contribution is 2.19. The van der Waals surface area contributed by atoms with Gasteiger partial charge in [0.2, 0.25) is 5.91 Å². The van der Waals surface area contributed by atoms with E-state index in [-0.39, 0.29) is 11.9 Å². The van der Waals surface area contributed by atoms with Crippen LogP contribution < -0.4 is 5.73 Å². The average Bonchev–Trinajstić information content (AvgIpc) is 3.02. The minimum atomic E-state index is 0.164. The summed E-state index contributed by atoms with van der Waals surface area (Å²) in [7, 11) is 0. The van der Waals surface area contributed by atoms with Gasteiger partial charge < -0.3 is 10.6 Å². The van der Waals surface area contributed by atoms with Crippen molar-refractivity contribution >= 4 is 17.2 Å². The predicted molar refractivity (Wildman–Crippen MR) is 93.5 cm³/mol. The molecule has 1 atom stereocenters. The topological polar surface area (TPSA) is 59.2 Å². The van der Waals surface area contributed by atoms with E-state index in [9.17, 15) is 4.79 Å². The van der Waals surface area contributed by atoms with Gasteiger partial charge in [0.15, 0.2) is 0 Å². The van der Waals surface area contributed by atoms with Gasteiger partial charge in [-0.2, -0.15) is 0 Å². The fourth-order valence-corrected chi connectivity index (χ4v) is 3.94. The van der Waals surface area contributed by atoms with Gasteiger partial charge >= 0.3 is 0 Å². The first-order chi connectivity index (χ1) is 11.3. The van der Waals surface area contributed by atoms with E-state index in [1.54, 1.807) is 11.3 Å². The number of hydrogen-bond donors (Lipinski definition) is 1. The monoisotopic (exact) mass is 329 g/mol. The maximum Gasteiger partial charge on any atom is 0.228 e. The molecule has 0 saturated carbocycles. The van der Waals surface area contributed by atoms with Crippen LogP contribution in [0, 0.1) is 0 Å². The van der Waals surface area contributed by atoms with Gasteiger partial charge in [-0.15, -0.1) is 11.3 Å². The van der Waals surface area contributed by atoms with Crippen molar-refractivity contribution < 1.29 is 4.79 Å². The van der Waals surface area contributed by atoms with Crippen LogP contribution in [-0.4, -0.2) is 34.9 Å². The summed E-state index contributed by atoms with van der Waals surface area (Å²) in [5.74, 6) is 0.164. The number of nitrogens with two attached hydrogens (primary N) is 1. The molecule has 1 aromatic heterocycles. The lowest BCUT2D eigenvalue weighted by molar-refractivity contribution is -0.133. The predicted octanol–water partition coefficient (Wildman–Crippen LogP) is 2.62. The van der Waals surface area contributed by atoms with Crippen LogP contribution in [0.15, 0.2) is 35.7 Å². The molecule has 0 radical (unpaired) electrons. The number of aromatic nitrogens is 1. The van der Waals surface area contributed by atoms with E-state index < -0.39 is 0 Å². The molecule has 1 fully saturated rings. The van der Waals surface area contributed by atoms with Crippen LogP contribution in [0.25, 0.3) is 0 Å². The molecule has 23 heavy (non-hydrogen) atoms. The molecule has 1 unspecified atom stereocenters. The molecule has 2 N–H and O–H groups in total. The SMILES string of the molecule is NCC1CCCCN1C(=O)Cc1csc(Cc2ccccc2)n1. The lowest BCUT2D eigenvalue weighted by atomic mass is 10.0. The van der Waals surface area contributed by atoms with Crippen LogP contribution in [0.3, 0.4) is 0 Å². The molecular formula is C18H23N3OS. The molecule has 122 valence electrons. The highest BCUT2D eigenvalue weighted by atomic mass is 32.1. The number of carbonyl (C=O) groups excluding carboxylic acids is 1. The van der Waals surface area contributed by atoms with Crippen molar-refractivity contribution in [2.24, 2.45) is 5.73 Å². The number of thiazole rings is 1. The van der Waals surface area contributed by atoms with Gasteiger partial charge in [0.05, 0.1) is 17.1 Å². The lowest BCUT2D eigenvalue weighted by Crippen LogP contribution is -2.48. The van der Waals surface area contributed by atoms with Crippen LogP contribution in [0.5, 0.6) is 0 Å².